The molecule has 0 aromatic heterocycles. The zero-order valence-corrected chi connectivity index (χ0v) is 11.0. The predicted molar refractivity (Wildman–Crippen MR) is 70.5 cm³/mol. The van der Waals surface area contributed by atoms with Gasteiger partial charge in [0.25, 0.3) is 0 Å². The lowest BCUT2D eigenvalue weighted by atomic mass is 9.70. The number of rotatable bonds is 4. The molecule has 0 aromatic rings. The molecular formula is C14H27N3. The summed E-state index contributed by atoms with van der Waals surface area (Å²) in [5.74, 6) is 6.79. The molecule has 0 spiro atoms. The van der Waals surface area contributed by atoms with Crippen LogP contribution in [0.3, 0.4) is 0 Å². The zero-order chi connectivity index (χ0) is 11.7. The molecule has 3 heteroatoms. The molecule has 2 saturated carbocycles. The van der Waals surface area contributed by atoms with Gasteiger partial charge in [0.1, 0.15) is 0 Å². The van der Waals surface area contributed by atoms with Crippen molar-refractivity contribution in [3.63, 3.8) is 0 Å². The van der Waals surface area contributed by atoms with Crippen LogP contribution in [-0.2, 0) is 0 Å². The van der Waals surface area contributed by atoms with Gasteiger partial charge in [0.05, 0.1) is 0 Å². The second-order valence-corrected chi connectivity index (χ2v) is 6.34. The topological polar surface area (TPSA) is 41.3 Å². The summed E-state index contributed by atoms with van der Waals surface area (Å²) in [5.41, 5.74) is 3.64. The Balaban J connectivity index is 1.80. The van der Waals surface area contributed by atoms with Crippen molar-refractivity contribution >= 4 is 0 Å². The minimum absolute atomic E-state index is 0.413. The van der Waals surface area contributed by atoms with Crippen LogP contribution >= 0.6 is 0 Å². The number of hydrogen-bond acceptors (Lipinski definition) is 3. The van der Waals surface area contributed by atoms with Crippen molar-refractivity contribution < 1.29 is 0 Å². The summed E-state index contributed by atoms with van der Waals surface area (Å²) in [6, 6.07) is 0.553. The summed E-state index contributed by atoms with van der Waals surface area (Å²) >= 11 is 0. The molecule has 1 unspecified atom stereocenters. The van der Waals surface area contributed by atoms with Gasteiger partial charge >= 0.3 is 0 Å². The molecule has 2 aliphatic carbocycles. The molecule has 1 saturated heterocycles. The third-order valence-corrected chi connectivity index (χ3v) is 5.58. The Kier molecular flexibility index (Phi) is 3.42. The van der Waals surface area contributed by atoms with Crippen LogP contribution in [0.1, 0.15) is 57.8 Å². The van der Waals surface area contributed by atoms with Gasteiger partial charge in [0, 0.05) is 11.6 Å². The van der Waals surface area contributed by atoms with Crippen LogP contribution in [0.4, 0.5) is 0 Å². The van der Waals surface area contributed by atoms with E-state index in [4.69, 9.17) is 5.84 Å². The maximum Gasteiger partial charge on any atom is 0.0422 e. The summed E-state index contributed by atoms with van der Waals surface area (Å²) in [6.45, 7) is 2.62. The number of hydrogen-bond donors (Lipinski definition) is 2. The van der Waals surface area contributed by atoms with Gasteiger partial charge in [-0.15, -0.1) is 0 Å². The predicted octanol–water partition coefficient (Wildman–Crippen LogP) is 2.03. The second-order valence-electron chi connectivity index (χ2n) is 6.34. The summed E-state index contributed by atoms with van der Waals surface area (Å²) < 4.78 is 0. The summed E-state index contributed by atoms with van der Waals surface area (Å²) in [5, 5.41) is 0. The molecule has 3 aliphatic rings. The van der Waals surface area contributed by atoms with E-state index in [0.29, 0.717) is 11.6 Å². The van der Waals surface area contributed by atoms with E-state index in [1.165, 1.54) is 70.9 Å². The second kappa shape index (κ2) is 4.87. The first-order valence-electron chi connectivity index (χ1n) is 7.58. The van der Waals surface area contributed by atoms with Gasteiger partial charge in [-0.2, -0.15) is 0 Å². The van der Waals surface area contributed by atoms with Crippen LogP contribution in [0.15, 0.2) is 0 Å². The highest BCUT2D eigenvalue weighted by molar-refractivity contribution is 5.07. The van der Waals surface area contributed by atoms with Crippen molar-refractivity contribution in [2.75, 3.05) is 13.1 Å². The monoisotopic (exact) mass is 237 g/mol. The Morgan fingerprint density at radius 2 is 1.65 bits per heavy atom. The van der Waals surface area contributed by atoms with Crippen molar-refractivity contribution in [2.45, 2.75) is 69.4 Å². The van der Waals surface area contributed by atoms with Gasteiger partial charge in [-0.3, -0.25) is 16.2 Å². The number of hydrazine groups is 1. The number of nitrogens with one attached hydrogen (secondary N) is 1. The maximum absolute atomic E-state index is 5.94. The Labute approximate surface area is 105 Å². The van der Waals surface area contributed by atoms with E-state index in [9.17, 15) is 0 Å². The van der Waals surface area contributed by atoms with Gasteiger partial charge in [-0.05, 0) is 57.5 Å². The van der Waals surface area contributed by atoms with Crippen LogP contribution < -0.4 is 11.3 Å². The van der Waals surface area contributed by atoms with Gasteiger partial charge in [0.2, 0.25) is 0 Å². The molecule has 98 valence electrons. The lowest BCUT2D eigenvalue weighted by molar-refractivity contribution is 0.0295. The standard InChI is InChI=1S/C14H27N3/c15-16-13(12-6-5-7-12)14(8-1-2-9-14)17-10-3-4-11-17/h12-13,16H,1-11,15H2. The molecule has 1 heterocycles. The molecule has 3 rings (SSSR count). The van der Waals surface area contributed by atoms with E-state index in [0.717, 1.165) is 5.92 Å². The molecule has 0 radical (unpaired) electrons. The SMILES string of the molecule is NNC(C1CCC1)C1(N2CCCC2)CCCC1. The average Bonchev–Trinajstić information content (AvgIpc) is 2.92. The van der Waals surface area contributed by atoms with E-state index in [-0.39, 0.29) is 0 Å². The minimum atomic E-state index is 0.413. The first-order chi connectivity index (χ1) is 8.37. The highest BCUT2D eigenvalue weighted by Crippen LogP contribution is 2.45. The lowest BCUT2D eigenvalue weighted by Crippen LogP contribution is -2.64. The van der Waals surface area contributed by atoms with Gasteiger partial charge in [-0.25, -0.2) is 0 Å². The van der Waals surface area contributed by atoms with E-state index in [2.05, 4.69) is 10.3 Å². The third kappa shape index (κ3) is 1.92. The zero-order valence-electron chi connectivity index (χ0n) is 11.0. The molecule has 1 atom stereocenters. The van der Waals surface area contributed by atoms with Gasteiger partial charge in [-0.1, -0.05) is 19.3 Å². The van der Waals surface area contributed by atoms with E-state index < -0.39 is 0 Å². The normalized spacial score (nSPS) is 31.6. The molecule has 1 aliphatic heterocycles. The van der Waals surface area contributed by atoms with Crippen LogP contribution in [-0.4, -0.2) is 29.6 Å². The highest BCUT2D eigenvalue weighted by atomic mass is 15.3. The van der Waals surface area contributed by atoms with Crippen LogP contribution in [0.5, 0.6) is 0 Å². The molecule has 0 aromatic carbocycles. The molecule has 3 fully saturated rings. The smallest absolute Gasteiger partial charge is 0.0422 e. The van der Waals surface area contributed by atoms with E-state index >= 15 is 0 Å². The highest BCUT2D eigenvalue weighted by Gasteiger charge is 2.49. The van der Waals surface area contributed by atoms with E-state index in [1.54, 1.807) is 0 Å². The molecule has 0 bridgehead atoms. The number of nitrogens with zero attached hydrogens (tertiary/aromatic N) is 1. The minimum Gasteiger partial charge on any atom is -0.296 e. The molecule has 3 nitrogen and oxygen atoms in total. The summed E-state index contributed by atoms with van der Waals surface area (Å²) in [6.07, 6.45) is 12.5. The van der Waals surface area contributed by atoms with Crippen LogP contribution in [0.2, 0.25) is 0 Å². The Bertz CT molecular complexity index is 250. The Morgan fingerprint density at radius 1 is 1.00 bits per heavy atom. The van der Waals surface area contributed by atoms with Crippen molar-refractivity contribution in [1.82, 2.24) is 10.3 Å². The molecular weight excluding hydrogens is 210 g/mol. The van der Waals surface area contributed by atoms with Crippen LogP contribution in [0, 0.1) is 5.92 Å². The van der Waals surface area contributed by atoms with Crippen molar-refractivity contribution in [3.05, 3.63) is 0 Å². The van der Waals surface area contributed by atoms with Crippen molar-refractivity contribution in [2.24, 2.45) is 11.8 Å². The maximum atomic E-state index is 5.94. The van der Waals surface area contributed by atoms with E-state index in [1.807, 2.05) is 0 Å². The average molecular weight is 237 g/mol. The lowest BCUT2D eigenvalue weighted by Gasteiger charge is -2.50. The Morgan fingerprint density at radius 3 is 2.12 bits per heavy atom. The molecule has 3 N–H and O–H groups in total. The van der Waals surface area contributed by atoms with Gasteiger partial charge < -0.3 is 0 Å². The summed E-state index contributed by atoms with van der Waals surface area (Å²) in [4.78, 5) is 2.78. The first-order valence-corrected chi connectivity index (χ1v) is 7.58. The van der Waals surface area contributed by atoms with Gasteiger partial charge in [0.15, 0.2) is 0 Å². The fraction of sp³-hybridized carbons (Fsp3) is 1.00. The molecule has 17 heavy (non-hydrogen) atoms. The number of nitrogens with two attached hydrogens (primary N) is 1. The molecule has 0 amide bonds. The van der Waals surface area contributed by atoms with Crippen LogP contribution in [0.25, 0.3) is 0 Å². The quantitative estimate of drug-likeness (QED) is 0.580. The Hall–Kier alpha value is -0.120. The largest absolute Gasteiger partial charge is 0.296 e. The first kappa shape index (κ1) is 11.9. The summed E-state index contributed by atoms with van der Waals surface area (Å²) in [7, 11) is 0. The number of likely N-dealkylation sites (tertiary alicyclic amines) is 1. The van der Waals surface area contributed by atoms with Crippen molar-refractivity contribution in [1.29, 1.82) is 0 Å². The fourth-order valence-electron chi connectivity index (χ4n) is 4.48. The van der Waals surface area contributed by atoms with Crippen molar-refractivity contribution in [3.8, 4) is 0 Å². The third-order valence-electron chi connectivity index (χ3n) is 5.58. The fourth-order valence-corrected chi connectivity index (χ4v) is 4.48.